The molecule has 1 saturated heterocycles. The number of hydrogen-bond acceptors (Lipinski definition) is 3. The molecule has 0 saturated carbocycles. The molecule has 1 aromatic rings. The Balaban J connectivity index is 1.76. The van der Waals surface area contributed by atoms with Gasteiger partial charge < -0.3 is 4.90 Å². The molecule has 4 heteroatoms. The second kappa shape index (κ2) is 4.41. The molecule has 0 spiro atoms. The van der Waals surface area contributed by atoms with Gasteiger partial charge in [-0.3, -0.25) is 0 Å². The third-order valence-corrected chi connectivity index (χ3v) is 4.19. The molecule has 1 aromatic heterocycles. The first-order valence-electron chi connectivity index (χ1n) is 6.84. The summed E-state index contributed by atoms with van der Waals surface area (Å²) in [6, 6.07) is 0. The van der Waals surface area contributed by atoms with Gasteiger partial charge >= 0.3 is 0 Å². The molecule has 0 aromatic carbocycles. The van der Waals surface area contributed by atoms with Crippen molar-refractivity contribution in [1.29, 1.82) is 0 Å². The molecule has 1 unspecified atom stereocenters. The predicted molar refractivity (Wildman–Crippen MR) is 67.0 cm³/mol. The zero-order chi connectivity index (χ0) is 11.8. The number of fused-ring (bicyclic) bond motifs is 1. The van der Waals surface area contributed by atoms with E-state index in [0.717, 1.165) is 24.7 Å². The van der Waals surface area contributed by atoms with E-state index in [1.165, 1.54) is 38.2 Å². The van der Waals surface area contributed by atoms with E-state index in [-0.39, 0.29) is 0 Å². The van der Waals surface area contributed by atoms with E-state index >= 15 is 0 Å². The van der Waals surface area contributed by atoms with Gasteiger partial charge in [-0.25, -0.2) is 9.67 Å². The number of aromatic nitrogens is 3. The number of nitrogens with zero attached hydrogens (tertiary/aromatic N) is 4. The van der Waals surface area contributed by atoms with Gasteiger partial charge in [0.15, 0.2) is 5.82 Å². The average Bonchev–Trinajstić information content (AvgIpc) is 2.72. The Morgan fingerprint density at radius 3 is 2.71 bits per heavy atom. The lowest BCUT2D eigenvalue weighted by molar-refractivity contribution is 0.250. The van der Waals surface area contributed by atoms with Crippen LogP contribution in [0.3, 0.4) is 0 Å². The Bertz CT molecular complexity index is 390. The van der Waals surface area contributed by atoms with Crippen LogP contribution in [-0.4, -0.2) is 39.8 Å². The van der Waals surface area contributed by atoms with Gasteiger partial charge in [-0.2, -0.15) is 5.10 Å². The van der Waals surface area contributed by atoms with E-state index in [4.69, 9.17) is 10.1 Å². The van der Waals surface area contributed by atoms with Crippen molar-refractivity contribution in [1.82, 2.24) is 19.7 Å². The molecule has 94 valence electrons. The van der Waals surface area contributed by atoms with Gasteiger partial charge in [0.05, 0.1) is 0 Å². The molecule has 0 bridgehead atoms. The van der Waals surface area contributed by atoms with Gasteiger partial charge in [-0.1, -0.05) is 6.92 Å². The van der Waals surface area contributed by atoms with Gasteiger partial charge in [0.1, 0.15) is 5.82 Å². The van der Waals surface area contributed by atoms with Gasteiger partial charge in [0.25, 0.3) is 0 Å². The maximum Gasteiger partial charge on any atom is 0.154 e. The summed E-state index contributed by atoms with van der Waals surface area (Å²) < 4.78 is 2.15. The lowest BCUT2D eigenvalue weighted by Gasteiger charge is -2.27. The maximum atomic E-state index is 4.77. The van der Waals surface area contributed by atoms with E-state index < -0.39 is 0 Å². The molecule has 0 aliphatic carbocycles. The first-order valence-corrected chi connectivity index (χ1v) is 6.84. The first-order chi connectivity index (χ1) is 8.22. The van der Waals surface area contributed by atoms with Crippen molar-refractivity contribution in [3.63, 3.8) is 0 Å². The van der Waals surface area contributed by atoms with E-state index in [0.29, 0.717) is 5.92 Å². The van der Waals surface area contributed by atoms with E-state index in [2.05, 4.69) is 23.6 Å². The average molecular weight is 234 g/mol. The van der Waals surface area contributed by atoms with Crippen LogP contribution in [0.1, 0.15) is 43.8 Å². The monoisotopic (exact) mass is 234 g/mol. The standard InChI is InChI=1S/C13H22N4/c1-10-3-4-12-14-13(15-17(12)9-10)11-5-7-16(2)8-6-11/h10-11H,3-9H2,1-2H3. The molecule has 0 N–H and O–H groups in total. The Morgan fingerprint density at radius 1 is 1.18 bits per heavy atom. The molecular weight excluding hydrogens is 212 g/mol. The zero-order valence-electron chi connectivity index (χ0n) is 10.9. The molecule has 1 fully saturated rings. The minimum Gasteiger partial charge on any atom is -0.306 e. The highest BCUT2D eigenvalue weighted by molar-refractivity contribution is 5.03. The topological polar surface area (TPSA) is 34.0 Å². The number of aryl methyl sites for hydroxylation is 1. The Hall–Kier alpha value is -0.900. The van der Waals surface area contributed by atoms with Gasteiger partial charge in [0.2, 0.25) is 0 Å². The molecular formula is C13H22N4. The van der Waals surface area contributed by atoms with Crippen molar-refractivity contribution in [2.24, 2.45) is 5.92 Å². The van der Waals surface area contributed by atoms with E-state index in [1.807, 2.05) is 0 Å². The minimum atomic E-state index is 0.597. The fourth-order valence-corrected chi connectivity index (χ4v) is 2.93. The molecule has 4 nitrogen and oxygen atoms in total. The van der Waals surface area contributed by atoms with Crippen molar-refractivity contribution in [2.45, 2.75) is 45.1 Å². The molecule has 3 rings (SSSR count). The smallest absolute Gasteiger partial charge is 0.154 e. The summed E-state index contributed by atoms with van der Waals surface area (Å²) in [5.41, 5.74) is 0. The highest BCUT2D eigenvalue weighted by Gasteiger charge is 2.25. The van der Waals surface area contributed by atoms with Gasteiger partial charge in [0, 0.05) is 18.9 Å². The highest BCUT2D eigenvalue weighted by Crippen LogP contribution is 2.27. The van der Waals surface area contributed by atoms with E-state index in [1.54, 1.807) is 0 Å². The Labute approximate surface area is 103 Å². The molecule has 3 heterocycles. The molecule has 2 aliphatic heterocycles. The summed E-state index contributed by atoms with van der Waals surface area (Å²) in [4.78, 5) is 7.16. The fraction of sp³-hybridized carbons (Fsp3) is 0.846. The van der Waals surface area contributed by atoms with Crippen molar-refractivity contribution < 1.29 is 0 Å². The summed E-state index contributed by atoms with van der Waals surface area (Å²) in [6.45, 7) is 5.74. The maximum absolute atomic E-state index is 4.77. The quantitative estimate of drug-likeness (QED) is 0.741. The van der Waals surface area contributed by atoms with E-state index in [9.17, 15) is 0 Å². The molecule has 2 aliphatic rings. The van der Waals surface area contributed by atoms with Crippen LogP contribution in [0.15, 0.2) is 0 Å². The van der Waals surface area contributed by atoms with Crippen molar-refractivity contribution >= 4 is 0 Å². The normalized spacial score (nSPS) is 27.1. The van der Waals surface area contributed by atoms with Crippen LogP contribution in [0.5, 0.6) is 0 Å². The summed E-state index contributed by atoms with van der Waals surface area (Å²) in [5, 5.41) is 4.74. The SMILES string of the molecule is CC1CCc2nc(C3CCN(C)CC3)nn2C1. The second-order valence-corrected chi connectivity index (χ2v) is 5.79. The first kappa shape index (κ1) is 11.2. The summed E-state index contributed by atoms with van der Waals surface area (Å²) in [5.74, 6) is 3.69. The largest absolute Gasteiger partial charge is 0.306 e. The number of piperidine rings is 1. The molecule has 0 radical (unpaired) electrons. The van der Waals surface area contributed by atoms with Crippen molar-refractivity contribution in [3.05, 3.63) is 11.6 Å². The third-order valence-electron chi connectivity index (χ3n) is 4.19. The van der Waals surface area contributed by atoms with Crippen LogP contribution < -0.4 is 0 Å². The lowest BCUT2D eigenvalue weighted by atomic mass is 9.96. The molecule has 0 amide bonds. The van der Waals surface area contributed by atoms with Crippen molar-refractivity contribution in [3.8, 4) is 0 Å². The number of rotatable bonds is 1. The van der Waals surface area contributed by atoms with Crippen LogP contribution in [-0.2, 0) is 13.0 Å². The van der Waals surface area contributed by atoms with Crippen LogP contribution in [0, 0.1) is 5.92 Å². The summed E-state index contributed by atoms with van der Waals surface area (Å²) >= 11 is 0. The van der Waals surface area contributed by atoms with Gasteiger partial charge in [-0.15, -0.1) is 0 Å². The van der Waals surface area contributed by atoms with Gasteiger partial charge in [-0.05, 0) is 45.3 Å². The molecule has 1 atom stereocenters. The third kappa shape index (κ3) is 2.23. The van der Waals surface area contributed by atoms with Crippen molar-refractivity contribution in [2.75, 3.05) is 20.1 Å². The molecule has 17 heavy (non-hydrogen) atoms. The van der Waals surface area contributed by atoms with Crippen LogP contribution in [0.25, 0.3) is 0 Å². The highest BCUT2D eigenvalue weighted by atomic mass is 15.4. The number of hydrogen-bond donors (Lipinski definition) is 0. The summed E-state index contributed by atoms with van der Waals surface area (Å²) in [7, 11) is 2.20. The Kier molecular flexibility index (Phi) is 2.90. The fourth-order valence-electron chi connectivity index (χ4n) is 2.93. The van der Waals surface area contributed by atoms with Crippen LogP contribution >= 0.6 is 0 Å². The lowest BCUT2D eigenvalue weighted by Crippen LogP contribution is -2.29. The zero-order valence-corrected chi connectivity index (χ0v) is 10.9. The number of likely N-dealkylation sites (tertiary alicyclic amines) is 1. The Morgan fingerprint density at radius 2 is 1.94 bits per heavy atom. The van der Waals surface area contributed by atoms with Crippen LogP contribution in [0.2, 0.25) is 0 Å². The second-order valence-electron chi connectivity index (χ2n) is 5.79. The predicted octanol–water partition coefficient (Wildman–Crippen LogP) is 1.67. The summed E-state index contributed by atoms with van der Waals surface area (Å²) in [6.07, 6.45) is 4.82. The van der Waals surface area contributed by atoms with Crippen LogP contribution in [0.4, 0.5) is 0 Å². The minimum absolute atomic E-state index is 0.597.